The van der Waals surface area contributed by atoms with Crippen LogP contribution in [0.1, 0.15) is 29.3 Å². The molecule has 164 valence electrons. The maximum Gasteiger partial charge on any atom is 0.491 e. The van der Waals surface area contributed by atoms with Crippen LogP contribution in [0, 0.1) is 0 Å². The molecular formula is C21H20F3N3O4. The van der Waals surface area contributed by atoms with Gasteiger partial charge in [-0.05, 0) is 42.2 Å². The number of aromatic amines is 1. The van der Waals surface area contributed by atoms with Crippen molar-refractivity contribution in [2.24, 2.45) is 0 Å². The maximum absolute atomic E-state index is 12.4. The summed E-state index contributed by atoms with van der Waals surface area (Å²) in [6.07, 6.45) is -3.82. The van der Waals surface area contributed by atoms with Gasteiger partial charge < -0.3 is 19.9 Å². The summed E-state index contributed by atoms with van der Waals surface area (Å²) in [6, 6.07) is 9.75. The van der Waals surface area contributed by atoms with Crippen molar-refractivity contribution in [2.45, 2.75) is 38.0 Å². The smallest absolute Gasteiger partial charge is 0.382 e. The zero-order valence-corrected chi connectivity index (χ0v) is 16.6. The van der Waals surface area contributed by atoms with E-state index in [1.54, 1.807) is 6.92 Å². The molecule has 0 radical (unpaired) electrons. The van der Waals surface area contributed by atoms with Crippen LogP contribution >= 0.6 is 0 Å². The van der Waals surface area contributed by atoms with Crippen LogP contribution in [0.15, 0.2) is 35.1 Å². The molecule has 3 heterocycles. The van der Waals surface area contributed by atoms with Crippen LogP contribution in [0.2, 0.25) is 0 Å². The van der Waals surface area contributed by atoms with Crippen LogP contribution in [0.3, 0.4) is 0 Å². The Labute approximate surface area is 175 Å². The number of rotatable bonds is 4. The van der Waals surface area contributed by atoms with E-state index < -0.39 is 29.2 Å². The van der Waals surface area contributed by atoms with Gasteiger partial charge in [-0.3, -0.25) is 4.79 Å². The summed E-state index contributed by atoms with van der Waals surface area (Å²) < 4.78 is 40.8. The number of hydrogen-bond donors (Lipinski definition) is 2. The number of H-pyrrole nitrogens is 1. The van der Waals surface area contributed by atoms with Gasteiger partial charge >= 0.3 is 18.1 Å². The third kappa shape index (κ3) is 4.07. The Bertz CT molecular complexity index is 1080. The van der Waals surface area contributed by atoms with E-state index in [1.807, 2.05) is 24.3 Å². The number of aromatic nitrogens is 1. The highest BCUT2D eigenvalue weighted by Crippen LogP contribution is 2.31. The molecular weight excluding hydrogens is 415 g/mol. The molecule has 2 saturated heterocycles. The summed E-state index contributed by atoms with van der Waals surface area (Å²) >= 11 is 0. The molecule has 2 fully saturated rings. The normalized spacial score (nSPS) is 20.2. The van der Waals surface area contributed by atoms with Crippen molar-refractivity contribution in [1.82, 2.24) is 10.3 Å². The SMILES string of the molecule is CCc1cc(C(=O)OC(=O)C(F)(F)F)c(=O)[nH]c1-c1ccc(N2CC3CC2CN3)cc1. The predicted molar refractivity (Wildman–Crippen MR) is 106 cm³/mol. The van der Waals surface area contributed by atoms with Crippen LogP contribution in [0.4, 0.5) is 18.9 Å². The quantitative estimate of drug-likeness (QED) is 0.566. The molecule has 1 aromatic heterocycles. The number of carbonyl (C=O) groups is 2. The second-order valence-corrected chi connectivity index (χ2v) is 7.63. The van der Waals surface area contributed by atoms with Crippen LogP contribution in [0.5, 0.6) is 0 Å². The molecule has 2 bridgehead atoms. The van der Waals surface area contributed by atoms with Crippen LogP contribution in [-0.2, 0) is 16.0 Å². The number of hydrogen-bond acceptors (Lipinski definition) is 6. The van der Waals surface area contributed by atoms with Crippen molar-refractivity contribution in [3.63, 3.8) is 0 Å². The zero-order valence-electron chi connectivity index (χ0n) is 16.6. The molecule has 10 heteroatoms. The number of fused-ring (bicyclic) bond motifs is 2. The summed E-state index contributed by atoms with van der Waals surface area (Å²) in [7, 11) is 0. The standard InChI is InChI=1S/C21H20F3N3O4/c1-2-11-7-16(19(29)31-20(30)21(22,23)24)18(28)26-17(11)12-3-5-14(6-4-12)27-10-13-8-15(27)9-25-13/h3-7,13,15,25H,2,8-10H2,1H3,(H,26,28). The fraction of sp³-hybridized carbons (Fsp3) is 0.381. The van der Waals surface area contributed by atoms with E-state index in [2.05, 4.69) is 19.9 Å². The van der Waals surface area contributed by atoms with Crippen molar-refractivity contribution >= 4 is 17.6 Å². The van der Waals surface area contributed by atoms with E-state index in [0.717, 1.165) is 25.2 Å². The van der Waals surface area contributed by atoms with Crippen molar-refractivity contribution < 1.29 is 27.5 Å². The van der Waals surface area contributed by atoms with Gasteiger partial charge in [-0.1, -0.05) is 19.1 Å². The van der Waals surface area contributed by atoms with Crippen molar-refractivity contribution in [3.05, 3.63) is 51.8 Å². The molecule has 4 rings (SSSR count). The van der Waals surface area contributed by atoms with E-state index in [0.29, 0.717) is 35.3 Å². The van der Waals surface area contributed by atoms with Crippen LogP contribution < -0.4 is 15.8 Å². The highest BCUT2D eigenvalue weighted by atomic mass is 19.4. The number of anilines is 1. The van der Waals surface area contributed by atoms with Gasteiger partial charge in [-0.2, -0.15) is 13.2 Å². The highest BCUT2D eigenvalue weighted by molar-refractivity contribution is 5.98. The first kappa shape index (κ1) is 21.1. The Balaban J connectivity index is 1.59. The Hall–Kier alpha value is -3.14. The molecule has 31 heavy (non-hydrogen) atoms. The lowest BCUT2D eigenvalue weighted by Crippen LogP contribution is -2.43. The minimum atomic E-state index is -5.33. The number of carbonyl (C=O) groups excluding carboxylic acids is 2. The average molecular weight is 435 g/mol. The van der Waals surface area contributed by atoms with Gasteiger partial charge in [0.05, 0.1) is 5.69 Å². The van der Waals surface area contributed by atoms with Gasteiger partial charge in [0, 0.05) is 30.9 Å². The summed E-state index contributed by atoms with van der Waals surface area (Å²) in [4.78, 5) is 40.1. The van der Waals surface area contributed by atoms with Gasteiger partial charge in [0.15, 0.2) is 0 Å². The Morgan fingerprint density at radius 2 is 1.94 bits per heavy atom. The lowest BCUT2D eigenvalue weighted by Gasteiger charge is -2.29. The van der Waals surface area contributed by atoms with Gasteiger partial charge in [-0.15, -0.1) is 0 Å². The Kier molecular flexibility index (Phi) is 5.34. The number of ether oxygens (including phenoxy) is 1. The lowest BCUT2D eigenvalue weighted by atomic mass is 10.0. The fourth-order valence-corrected chi connectivity index (χ4v) is 4.15. The molecule has 1 aromatic carbocycles. The predicted octanol–water partition coefficient (Wildman–Crippen LogP) is 2.40. The molecule has 2 aliphatic heterocycles. The number of benzene rings is 1. The van der Waals surface area contributed by atoms with Gasteiger partial charge in [0.25, 0.3) is 5.56 Å². The van der Waals surface area contributed by atoms with Crippen molar-refractivity contribution in [2.75, 3.05) is 18.0 Å². The summed E-state index contributed by atoms with van der Waals surface area (Å²) in [5, 5.41) is 3.45. The molecule has 2 aliphatic rings. The molecule has 2 atom stereocenters. The van der Waals surface area contributed by atoms with Crippen molar-refractivity contribution in [3.8, 4) is 11.3 Å². The number of aryl methyl sites for hydroxylation is 1. The number of esters is 2. The van der Waals surface area contributed by atoms with E-state index in [4.69, 9.17) is 0 Å². The molecule has 2 N–H and O–H groups in total. The van der Waals surface area contributed by atoms with E-state index >= 15 is 0 Å². The maximum atomic E-state index is 12.4. The molecule has 0 aliphatic carbocycles. The molecule has 7 nitrogen and oxygen atoms in total. The van der Waals surface area contributed by atoms with Gasteiger partial charge in [0.1, 0.15) is 5.56 Å². The number of piperazine rings is 1. The monoisotopic (exact) mass is 435 g/mol. The molecule has 0 amide bonds. The van der Waals surface area contributed by atoms with Crippen LogP contribution in [-0.4, -0.2) is 48.3 Å². The van der Waals surface area contributed by atoms with E-state index in [-0.39, 0.29) is 0 Å². The molecule has 2 unspecified atom stereocenters. The number of nitrogens with zero attached hydrogens (tertiary/aromatic N) is 1. The number of nitrogens with one attached hydrogen (secondary N) is 2. The minimum Gasteiger partial charge on any atom is -0.382 e. The highest BCUT2D eigenvalue weighted by Gasteiger charge is 2.43. The first-order chi connectivity index (χ1) is 14.7. The third-order valence-electron chi connectivity index (χ3n) is 5.68. The summed E-state index contributed by atoms with van der Waals surface area (Å²) in [5.41, 5.74) is 1.18. The largest absolute Gasteiger partial charge is 0.491 e. The number of alkyl halides is 3. The second kappa shape index (κ2) is 7.84. The molecule has 0 spiro atoms. The Morgan fingerprint density at radius 3 is 2.48 bits per heavy atom. The molecule has 2 aromatic rings. The van der Waals surface area contributed by atoms with E-state index in [1.165, 1.54) is 6.07 Å². The fourth-order valence-electron chi connectivity index (χ4n) is 4.15. The number of pyridine rings is 1. The second-order valence-electron chi connectivity index (χ2n) is 7.63. The van der Waals surface area contributed by atoms with Crippen molar-refractivity contribution in [1.29, 1.82) is 0 Å². The first-order valence-corrected chi connectivity index (χ1v) is 9.87. The molecule has 0 saturated carbocycles. The lowest BCUT2D eigenvalue weighted by molar-refractivity contribution is -0.193. The van der Waals surface area contributed by atoms with Gasteiger partial charge in [0.2, 0.25) is 0 Å². The minimum absolute atomic E-state index is 0.392. The van der Waals surface area contributed by atoms with Crippen LogP contribution in [0.25, 0.3) is 11.3 Å². The Morgan fingerprint density at radius 1 is 1.23 bits per heavy atom. The summed E-state index contributed by atoms with van der Waals surface area (Å²) in [5.74, 6) is -4.31. The van der Waals surface area contributed by atoms with E-state index in [9.17, 15) is 27.6 Å². The van der Waals surface area contributed by atoms with Gasteiger partial charge in [-0.25, -0.2) is 9.59 Å². The average Bonchev–Trinajstić information content (AvgIpc) is 3.36. The third-order valence-corrected chi connectivity index (χ3v) is 5.68. The summed E-state index contributed by atoms with van der Waals surface area (Å²) in [6.45, 7) is 3.66. The topological polar surface area (TPSA) is 91.5 Å². The first-order valence-electron chi connectivity index (χ1n) is 9.87. The zero-order chi connectivity index (χ0) is 22.3. The number of halogens is 3.